The minimum atomic E-state index is 0.184. The Morgan fingerprint density at radius 3 is 3.08 bits per heavy atom. The van der Waals surface area contributed by atoms with E-state index in [0.29, 0.717) is 0 Å². The maximum Gasteiger partial charge on any atom is 0.233 e. The minimum Gasteiger partial charge on any atom is -0.287 e. The first-order valence-electron chi connectivity index (χ1n) is 3.75. The second-order valence-corrected chi connectivity index (χ2v) is 3.42. The summed E-state index contributed by atoms with van der Waals surface area (Å²) in [6.45, 7) is 2.01. The summed E-state index contributed by atoms with van der Waals surface area (Å²) in [5, 5.41) is 0.184. The van der Waals surface area contributed by atoms with Crippen molar-refractivity contribution in [3.8, 4) is 0 Å². The molecular formula is C8H9N3S. The third-order valence-corrected chi connectivity index (χ3v) is 2.01. The van der Waals surface area contributed by atoms with Gasteiger partial charge in [0.1, 0.15) is 0 Å². The average Bonchev–Trinajstić information content (AvgIpc) is 2.47. The highest BCUT2D eigenvalue weighted by atomic mass is 32.1. The lowest BCUT2D eigenvalue weighted by molar-refractivity contribution is 0.964. The summed E-state index contributed by atoms with van der Waals surface area (Å²) >= 11 is 4.34. The lowest BCUT2D eigenvalue weighted by Crippen LogP contribution is -1.93. The Kier molecular flexibility index (Phi) is 1.77. The molecule has 0 spiro atoms. The molecule has 3 nitrogen and oxygen atoms in total. The molecule has 2 aromatic rings. The van der Waals surface area contributed by atoms with Crippen molar-refractivity contribution in [3.63, 3.8) is 0 Å². The molecule has 12 heavy (non-hydrogen) atoms. The number of nitrogens with zero attached hydrogens (tertiary/aromatic N) is 3. The van der Waals surface area contributed by atoms with E-state index in [1.165, 1.54) is 0 Å². The molecule has 0 aliphatic heterocycles. The highest BCUT2D eigenvalue weighted by Gasteiger charge is 2.06. The van der Waals surface area contributed by atoms with Crippen molar-refractivity contribution in [1.29, 1.82) is 0 Å². The van der Waals surface area contributed by atoms with Crippen LogP contribution in [0, 0.1) is 0 Å². The zero-order valence-corrected chi connectivity index (χ0v) is 7.57. The first-order chi connectivity index (χ1) is 5.79. The summed E-state index contributed by atoms with van der Waals surface area (Å²) in [5.74, 6) is 0.730. The van der Waals surface area contributed by atoms with Crippen molar-refractivity contribution in [2.45, 2.75) is 12.2 Å². The molecule has 0 fully saturated rings. The molecule has 2 heterocycles. The van der Waals surface area contributed by atoms with Gasteiger partial charge >= 0.3 is 0 Å². The molecule has 0 saturated carbocycles. The van der Waals surface area contributed by atoms with Crippen LogP contribution in [0.2, 0.25) is 0 Å². The summed E-state index contributed by atoms with van der Waals surface area (Å²) in [4.78, 5) is 8.25. The summed E-state index contributed by atoms with van der Waals surface area (Å²) in [7, 11) is 0. The fourth-order valence-electron chi connectivity index (χ4n) is 1.16. The van der Waals surface area contributed by atoms with Gasteiger partial charge in [0.25, 0.3) is 0 Å². The van der Waals surface area contributed by atoms with Crippen LogP contribution < -0.4 is 0 Å². The van der Waals surface area contributed by atoms with E-state index in [4.69, 9.17) is 0 Å². The molecule has 62 valence electrons. The van der Waals surface area contributed by atoms with Crippen molar-refractivity contribution in [1.82, 2.24) is 14.4 Å². The van der Waals surface area contributed by atoms with Gasteiger partial charge in [-0.05, 0) is 13.0 Å². The lowest BCUT2D eigenvalue weighted by Gasteiger charge is -2.01. The van der Waals surface area contributed by atoms with Crippen molar-refractivity contribution in [2.75, 3.05) is 0 Å². The zero-order chi connectivity index (χ0) is 8.55. The monoisotopic (exact) mass is 179 g/mol. The third-order valence-electron chi connectivity index (χ3n) is 1.75. The number of aromatic nitrogens is 3. The predicted octanol–water partition coefficient (Wildman–Crippen LogP) is 1.72. The van der Waals surface area contributed by atoms with Gasteiger partial charge < -0.3 is 0 Å². The Morgan fingerprint density at radius 1 is 1.50 bits per heavy atom. The maximum atomic E-state index is 4.34. The molecule has 0 aromatic carbocycles. The molecule has 1 atom stereocenters. The summed E-state index contributed by atoms with van der Waals surface area (Å²) in [5.41, 5.74) is 1.07. The van der Waals surface area contributed by atoms with E-state index in [2.05, 4.69) is 22.6 Å². The van der Waals surface area contributed by atoms with Gasteiger partial charge in [-0.15, -0.1) is 0 Å². The zero-order valence-electron chi connectivity index (χ0n) is 6.68. The second kappa shape index (κ2) is 2.79. The first kappa shape index (κ1) is 7.61. The van der Waals surface area contributed by atoms with Gasteiger partial charge in [0.15, 0.2) is 0 Å². The standard InChI is InChI=1S/C8H9N3S/c1-6(12)7-5-10-8-9-3-2-4-11(7)8/h2-6,12H,1H3. The third kappa shape index (κ3) is 1.08. The van der Waals surface area contributed by atoms with Gasteiger partial charge in [-0.3, -0.25) is 4.40 Å². The van der Waals surface area contributed by atoms with Crippen LogP contribution in [0.4, 0.5) is 0 Å². The molecule has 2 aromatic heterocycles. The minimum absolute atomic E-state index is 0.184. The molecule has 4 heteroatoms. The molecule has 0 aliphatic rings. The fourth-order valence-corrected chi connectivity index (χ4v) is 1.35. The second-order valence-electron chi connectivity index (χ2n) is 2.65. The van der Waals surface area contributed by atoms with Crippen molar-refractivity contribution < 1.29 is 0 Å². The van der Waals surface area contributed by atoms with Gasteiger partial charge in [-0.2, -0.15) is 12.6 Å². The van der Waals surface area contributed by atoms with E-state index in [1.807, 2.05) is 23.6 Å². The Bertz CT molecular complexity index is 394. The van der Waals surface area contributed by atoms with Crippen molar-refractivity contribution in [2.24, 2.45) is 0 Å². The first-order valence-corrected chi connectivity index (χ1v) is 4.26. The smallest absolute Gasteiger partial charge is 0.233 e. The van der Waals surface area contributed by atoms with E-state index < -0.39 is 0 Å². The number of hydrogen-bond donors (Lipinski definition) is 1. The fraction of sp³-hybridized carbons (Fsp3) is 0.250. The molecule has 0 aliphatic carbocycles. The van der Waals surface area contributed by atoms with Crippen molar-refractivity contribution >= 4 is 18.4 Å². The number of hydrogen-bond acceptors (Lipinski definition) is 3. The quantitative estimate of drug-likeness (QED) is 0.676. The van der Waals surface area contributed by atoms with E-state index in [0.717, 1.165) is 11.5 Å². The van der Waals surface area contributed by atoms with Crippen molar-refractivity contribution in [3.05, 3.63) is 30.4 Å². The topological polar surface area (TPSA) is 30.2 Å². The molecule has 0 N–H and O–H groups in total. The summed E-state index contributed by atoms with van der Waals surface area (Å²) in [6.07, 6.45) is 5.48. The number of fused-ring (bicyclic) bond motifs is 1. The highest BCUT2D eigenvalue weighted by molar-refractivity contribution is 7.80. The summed E-state index contributed by atoms with van der Waals surface area (Å²) < 4.78 is 1.94. The van der Waals surface area contributed by atoms with Gasteiger partial charge in [0.05, 0.1) is 11.9 Å². The predicted molar refractivity (Wildman–Crippen MR) is 50.4 cm³/mol. The number of imidazole rings is 1. The van der Waals surface area contributed by atoms with Gasteiger partial charge in [0, 0.05) is 17.6 Å². The number of thiol groups is 1. The van der Waals surface area contributed by atoms with E-state index >= 15 is 0 Å². The normalized spacial score (nSPS) is 13.5. The Morgan fingerprint density at radius 2 is 2.33 bits per heavy atom. The van der Waals surface area contributed by atoms with Crippen LogP contribution >= 0.6 is 12.6 Å². The molecular weight excluding hydrogens is 170 g/mol. The van der Waals surface area contributed by atoms with Crippen LogP contribution in [-0.2, 0) is 0 Å². The molecule has 0 amide bonds. The summed E-state index contributed by atoms with van der Waals surface area (Å²) in [6, 6.07) is 1.88. The van der Waals surface area contributed by atoms with Crippen LogP contribution in [0.3, 0.4) is 0 Å². The molecule has 0 saturated heterocycles. The van der Waals surface area contributed by atoms with Crippen LogP contribution in [0.15, 0.2) is 24.7 Å². The molecule has 0 radical (unpaired) electrons. The molecule has 1 unspecified atom stereocenters. The lowest BCUT2D eigenvalue weighted by atomic mass is 10.3. The van der Waals surface area contributed by atoms with E-state index in [9.17, 15) is 0 Å². The van der Waals surface area contributed by atoms with Crippen LogP contribution in [0.25, 0.3) is 5.78 Å². The molecule has 0 bridgehead atoms. The number of rotatable bonds is 1. The van der Waals surface area contributed by atoms with E-state index in [1.54, 1.807) is 12.4 Å². The Balaban J connectivity index is 2.70. The largest absolute Gasteiger partial charge is 0.287 e. The SMILES string of the molecule is CC(S)c1cnc2ncccn12. The van der Waals surface area contributed by atoms with Crippen LogP contribution in [0.5, 0.6) is 0 Å². The Labute approximate surface area is 75.9 Å². The average molecular weight is 179 g/mol. The maximum absolute atomic E-state index is 4.34. The Hall–Kier alpha value is -1.03. The van der Waals surface area contributed by atoms with Gasteiger partial charge in [-0.1, -0.05) is 0 Å². The highest BCUT2D eigenvalue weighted by Crippen LogP contribution is 2.18. The van der Waals surface area contributed by atoms with Crippen LogP contribution in [0.1, 0.15) is 17.9 Å². The van der Waals surface area contributed by atoms with Crippen LogP contribution in [-0.4, -0.2) is 14.4 Å². The molecule has 2 rings (SSSR count). The van der Waals surface area contributed by atoms with Gasteiger partial charge in [-0.25, -0.2) is 9.97 Å². The van der Waals surface area contributed by atoms with E-state index in [-0.39, 0.29) is 5.25 Å². The van der Waals surface area contributed by atoms with Gasteiger partial charge in [0.2, 0.25) is 5.78 Å².